The van der Waals surface area contributed by atoms with Gasteiger partial charge in [-0.25, -0.2) is 0 Å². The Hall–Kier alpha value is -2.69. The van der Waals surface area contributed by atoms with Crippen LogP contribution in [0.1, 0.15) is 24.5 Å². The summed E-state index contributed by atoms with van der Waals surface area (Å²) in [4.78, 5) is 23.4. The third-order valence-corrected chi connectivity index (χ3v) is 4.88. The maximum Gasteiger partial charge on any atom is 0.322 e. The van der Waals surface area contributed by atoms with Crippen LogP contribution in [0.3, 0.4) is 0 Å². The average molecular weight is 325 g/mol. The molecule has 0 saturated carbocycles. The number of rotatable bonds is 6. The quantitative estimate of drug-likeness (QED) is 0.353. The van der Waals surface area contributed by atoms with E-state index in [1.165, 1.54) is 0 Å². The van der Waals surface area contributed by atoms with Crippen LogP contribution in [-0.2, 0) is 16.6 Å². The maximum absolute atomic E-state index is 12.5. The molecule has 2 atom stereocenters. The molecule has 3 rings (SSSR count). The number of para-hydroxylation sites is 1. The lowest BCUT2D eigenvalue weighted by molar-refractivity contribution is -0.490. The van der Waals surface area contributed by atoms with E-state index in [0.717, 1.165) is 11.1 Å². The van der Waals surface area contributed by atoms with Gasteiger partial charge in [0, 0.05) is 16.4 Å². The standard InChI is InChI=1S/C19H19NO4/c1-19(16-9-5-6-10-17(16)24-18(19)21)15(13-20(22)23)12-11-14-7-3-2-4-8-14/h2-10,15H,11-13H2,1H3/t15-,19+/m0/s1. The van der Waals surface area contributed by atoms with E-state index in [9.17, 15) is 14.9 Å². The lowest BCUT2D eigenvalue weighted by Crippen LogP contribution is -2.42. The number of nitro groups is 1. The van der Waals surface area contributed by atoms with Gasteiger partial charge < -0.3 is 4.74 Å². The summed E-state index contributed by atoms with van der Waals surface area (Å²) in [6, 6.07) is 17.0. The first-order valence-electron chi connectivity index (χ1n) is 7.99. The topological polar surface area (TPSA) is 69.4 Å². The van der Waals surface area contributed by atoms with Gasteiger partial charge in [0.1, 0.15) is 11.2 Å². The summed E-state index contributed by atoms with van der Waals surface area (Å²) in [5.41, 5.74) is 0.863. The van der Waals surface area contributed by atoms with Gasteiger partial charge in [0.05, 0.1) is 0 Å². The van der Waals surface area contributed by atoms with E-state index >= 15 is 0 Å². The van der Waals surface area contributed by atoms with Crippen molar-refractivity contribution >= 4 is 5.97 Å². The van der Waals surface area contributed by atoms with E-state index in [-0.39, 0.29) is 11.5 Å². The first kappa shape index (κ1) is 16.2. The average Bonchev–Trinajstić information content (AvgIpc) is 2.84. The molecular weight excluding hydrogens is 306 g/mol. The van der Waals surface area contributed by atoms with Crippen molar-refractivity contribution < 1.29 is 14.5 Å². The molecule has 0 aliphatic carbocycles. The number of fused-ring (bicyclic) bond motifs is 1. The lowest BCUT2D eigenvalue weighted by Gasteiger charge is -2.28. The lowest BCUT2D eigenvalue weighted by atomic mass is 9.70. The van der Waals surface area contributed by atoms with Gasteiger partial charge in [-0.15, -0.1) is 0 Å². The predicted octanol–water partition coefficient (Wildman–Crippen LogP) is 3.39. The minimum atomic E-state index is -0.988. The monoisotopic (exact) mass is 325 g/mol. The number of ether oxygens (including phenoxy) is 1. The molecule has 0 aromatic heterocycles. The van der Waals surface area contributed by atoms with Gasteiger partial charge >= 0.3 is 5.97 Å². The SMILES string of the molecule is C[C@]1([C@@H](CCc2ccccc2)C[N+](=O)[O-])C(=O)Oc2ccccc21. The molecule has 0 bridgehead atoms. The zero-order valence-corrected chi connectivity index (χ0v) is 13.5. The summed E-state index contributed by atoms with van der Waals surface area (Å²) in [6.45, 7) is 1.51. The number of carbonyl (C=O) groups excluding carboxylic acids is 1. The first-order valence-corrected chi connectivity index (χ1v) is 7.99. The minimum Gasteiger partial charge on any atom is -0.426 e. The van der Waals surface area contributed by atoms with E-state index in [0.29, 0.717) is 18.6 Å². The van der Waals surface area contributed by atoms with Crippen LogP contribution in [0.15, 0.2) is 54.6 Å². The van der Waals surface area contributed by atoms with Crippen LogP contribution < -0.4 is 4.74 Å². The molecule has 5 nitrogen and oxygen atoms in total. The molecule has 24 heavy (non-hydrogen) atoms. The molecule has 0 unspecified atom stereocenters. The summed E-state index contributed by atoms with van der Waals surface area (Å²) >= 11 is 0. The number of hydrogen-bond acceptors (Lipinski definition) is 4. The number of esters is 1. The smallest absolute Gasteiger partial charge is 0.322 e. The Kier molecular flexibility index (Phi) is 4.34. The van der Waals surface area contributed by atoms with E-state index in [1.807, 2.05) is 42.5 Å². The van der Waals surface area contributed by atoms with Crippen molar-refractivity contribution in [3.05, 3.63) is 75.8 Å². The van der Waals surface area contributed by atoms with Gasteiger partial charge in [-0.3, -0.25) is 14.9 Å². The maximum atomic E-state index is 12.5. The highest BCUT2D eigenvalue weighted by Gasteiger charge is 2.52. The van der Waals surface area contributed by atoms with Crippen LogP contribution in [0.4, 0.5) is 0 Å². The molecule has 1 heterocycles. The highest BCUT2D eigenvalue weighted by molar-refractivity contribution is 5.90. The summed E-state index contributed by atoms with van der Waals surface area (Å²) < 4.78 is 5.38. The van der Waals surface area contributed by atoms with Crippen LogP contribution in [0.25, 0.3) is 0 Å². The summed E-state index contributed by atoms with van der Waals surface area (Å²) in [5.74, 6) is -0.314. The van der Waals surface area contributed by atoms with Crippen LogP contribution in [0.2, 0.25) is 0 Å². The highest BCUT2D eigenvalue weighted by atomic mass is 16.6. The van der Waals surface area contributed by atoms with Gasteiger partial charge in [-0.2, -0.15) is 0 Å². The Labute approximate surface area is 140 Å². The molecule has 0 amide bonds. The number of nitrogens with zero attached hydrogens (tertiary/aromatic N) is 1. The fourth-order valence-electron chi connectivity index (χ4n) is 3.42. The van der Waals surface area contributed by atoms with Crippen LogP contribution in [0.5, 0.6) is 5.75 Å². The van der Waals surface area contributed by atoms with E-state index < -0.39 is 17.3 Å². The largest absolute Gasteiger partial charge is 0.426 e. The second kappa shape index (κ2) is 6.43. The fourth-order valence-corrected chi connectivity index (χ4v) is 3.42. The molecule has 0 spiro atoms. The van der Waals surface area contributed by atoms with Crippen molar-refractivity contribution in [3.8, 4) is 5.75 Å². The summed E-state index contributed by atoms with van der Waals surface area (Å²) in [7, 11) is 0. The number of benzene rings is 2. The van der Waals surface area contributed by atoms with E-state index in [1.54, 1.807) is 19.1 Å². The van der Waals surface area contributed by atoms with Crippen molar-refractivity contribution in [2.45, 2.75) is 25.2 Å². The molecule has 2 aromatic rings. The van der Waals surface area contributed by atoms with E-state index in [4.69, 9.17) is 4.74 Å². The zero-order valence-electron chi connectivity index (χ0n) is 13.5. The molecule has 0 N–H and O–H groups in total. The van der Waals surface area contributed by atoms with Crippen molar-refractivity contribution in [2.24, 2.45) is 5.92 Å². The zero-order chi connectivity index (χ0) is 17.2. The fraction of sp³-hybridized carbons (Fsp3) is 0.316. The van der Waals surface area contributed by atoms with E-state index in [2.05, 4.69) is 0 Å². The molecule has 0 saturated heterocycles. The highest BCUT2D eigenvalue weighted by Crippen LogP contribution is 2.45. The Morgan fingerprint density at radius 3 is 2.50 bits per heavy atom. The number of hydrogen-bond donors (Lipinski definition) is 0. The van der Waals surface area contributed by atoms with Gasteiger partial charge in [-0.05, 0) is 31.4 Å². The summed E-state index contributed by atoms with van der Waals surface area (Å²) in [6.07, 6.45) is 1.23. The molecule has 1 aliphatic rings. The van der Waals surface area contributed by atoms with Gasteiger partial charge in [0.2, 0.25) is 6.54 Å². The van der Waals surface area contributed by atoms with Crippen LogP contribution in [-0.4, -0.2) is 17.4 Å². The second-order valence-electron chi connectivity index (χ2n) is 6.32. The Morgan fingerprint density at radius 2 is 1.79 bits per heavy atom. The Balaban J connectivity index is 1.90. The van der Waals surface area contributed by atoms with Crippen molar-refractivity contribution in [1.29, 1.82) is 0 Å². The normalized spacial score (nSPS) is 20.3. The Morgan fingerprint density at radius 1 is 1.12 bits per heavy atom. The number of aryl methyl sites for hydroxylation is 1. The summed E-state index contributed by atoms with van der Waals surface area (Å²) in [5, 5.41) is 11.2. The van der Waals surface area contributed by atoms with Gasteiger partial charge in [-0.1, -0.05) is 48.5 Å². The second-order valence-corrected chi connectivity index (χ2v) is 6.32. The van der Waals surface area contributed by atoms with Crippen LogP contribution in [0, 0.1) is 16.0 Å². The molecule has 1 aliphatic heterocycles. The molecule has 0 radical (unpaired) electrons. The van der Waals surface area contributed by atoms with Gasteiger partial charge in [0.25, 0.3) is 0 Å². The van der Waals surface area contributed by atoms with Crippen molar-refractivity contribution in [3.63, 3.8) is 0 Å². The third kappa shape index (κ3) is 2.89. The van der Waals surface area contributed by atoms with Crippen molar-refractivity contribution in [2.75, 3.05) is 6.54 Å². The predicted molar refractivity (Wildman–Crippen MR) is 89.5 cm³/mol. The van der Waals surface area contributed by atoms with Crippen LogP contribution >= 0.6 is 0 Å². The Bertz CT molecular complexity index is 759. The third-order valence-electron chi connectivity index (χ3n) is 4.88. The minimum absolute atomic E-state index is 0.257. The molecule has 0 fully saturated rings. The number of carbonyl (C=O) groups is 1. The molecule has 5 heteroatoms. The molecule has 2 aromatic carbocycles. The van der Waals surface area contributed by atoms with Crippen molar-refractivity contribution in [1.82, 2.24) is 0 Å². The molecule has 124 valence electrons. The van der Waals surface area contributed by atoms with Gasteiger partial charge in [0.15, 0.2) is 0 Å². The molecular formula is C19H19NO4. The first-order chi connectivity index (χ1) is 11.5.